The summed E-state index contributed by atoms with van der Waals surface area (Å²) in [6, 6.07) is 4.14. The van der Waals surface area contributed by atoms with Crippen LogP contribution in [0.25, 0.3) is 0 Å². The van der Waals surface area contributed by atoms with Crippen molar-refractivity contribution in [1.29, 1.82) is 0 Å². The molecule has 0 bridgehead atoms. The molecule has 0 amide bonds. The van der Waals surface area contributed by atoms with E-state index in [0.717, 1.165) is 41.5 Å². The zero-order valence-electron chi connectivity index (χ0n) is 13.5. The van der Waals surface area contributed by atoms with Crippen LogP contribution in [0.15, 0.2) is 12.1 Å². The van der Waals surface area contributed by atoms with Crippen molar-refractivity contribution in [2.75, 3.05) is 19.8 Å². The van der Waals surface area contributed by atoms with Gasteiger partial charge in [0.05, 0.1) is 13.2 Å². The van der Waals surface area contributed by atoms with Crippen LogP contribution in [0.1, 0.15) is 52.1 Å². The highest BCUT2D eigenvalue weighted by atomic mass is 35.5. The van der Waals surface area contributed by atoms with Gasteiger partial charge < -0.3 is 14.8 Å². The maximum Gasteiger partial charge on any atom is 0.162 e. The van der Waals surface area contributed by atoms with Gasteiger partial charge in [-0.1, -0.05) is 39.3 Å². The Bertz CT molecular complexity index is 488. The van der Waals surface area contributed by atoms with Crippen LogP contribution in [0.5, 0.6) is 11.5 Å². The molecule has 21 heavy (non-hydrogen) atoms. The van der Waals surface area contributed by atoms with Gasteiger partial charge in [0.25, 0.3) is 0 Å². The summed E-state index contributed by atoms with van der Waals surface area (Å²) in [5, 5.41) is 4.31. The first kappa shape index (κ1) is 16.4. The van der Waals surface area contributed by atoms with Gasteiger partial charge in [0.1, 0.15) is 0 Å². The number of fused-ring (bicyclic) bond motifs is 1. The fraction of sp³-hybridized carbons (Fsp3) is 0.647. The number of halogens is 1. The second-order valence-corrected chi connectivity index (χ2v) is 6.61. The molecule has 1 heterocycles. The average Bonchev–Trinajstić information content (AvgIpc) is 2.68. The van der Waals surface area contributed by atoms with Crippen LogP contribution in [0.3, 0.4) is 0 Å². The van der Waals surface area contributed by atoms with Gasteiger partial charge in [-0.25, -0.2) is 0 Å². The van der Waals surface area contributed by atoms with Crippen molar-refractivity contribution in [3.63, 3.8) is 0 Å². The third-order valence-electron chi connectivity index (χ3n) is 4.28. The molecule has 3 nitrogen and oxygen atoms in total. The number of benzene rings is 1. The van der Waals surface area contributed by atoms with Gasteiger partial charge in [0.2, 0.25) is 0 Å². The Kier molecular flexibility index (Phi) is 5.39. The Morgan fingerprint density at radius 3 is 2.38 bits per heavy atom. The van der Waals surface area contributed by atoms with E-state index in [4.69, 9.17) is 21.1 Å². The van der Waals surface area contributed by atoms with Crippen molar-refractivity contribution in [2.24, 2.45) is 5.41 Å². The summed E-state index contributed by atoms with van der Waals surface area (Å²) in [5.74, 6) is 1.56. The molecule has 1 aliphatic heterocycles. The molecular weight excluding hydrogens is 286 g/mol. The second kappa shape index (κ2) is 6.89. The van der Waals surface area contributed by atoms with Crippen molar-refractivity contribution >= 4 is 11.6 Å². The Balaban J connectivity index is 2.43. The molecule has 0 saturated heterocycles. The number of ether oxygens (including phenoxy) is 2. The van der Waals surface area contributed by atoms with E-state index in [0.29, 0.717) is 13.2 Å². The largest absolute Gasteiger partial charge is 0.490 e. The molecule has 0 radical (unpaired) electrons. The molecule has 0 saturated carbocycles. The van der Waals surface area contributed by atoms with Crippen LogP contribution in [0.2, 0.25) is 5.02 Å². The van der Waals surface area contributed by atoms with Crippen molar-refractivity contribution in [3.8, 4) is 11.5 Å². The average molecular weight is 312 g/mol. The lowest BCUT2D eigenvalue weighted by atomic mass is 9.78. The summed E-state index contributed by atoms with van der Waals surface area (Å²) < 4.78 is 11.5. The fourth-order valence-electron chi connectivity index (χ4n) is 2.64. The molecule has 1 N–H and O–H groups in total. The molecule has 1 aromatic carbocycles. The quantitative estimate of drug-likeness (QED) is 0.863. The van der Waals surface area contributed by atoms with Gasteiger partial charge in [0.15, 0.2) is 11.5 Å². The molecule has 1 aliphatic rings. The molecule has 118 valence electrons. The Labute approximate surface area is 133 Å². The van der Waals surface area contributed by atoms with Gasteiger partial charge >= 0.3 is 0 Å². The summed E-state index contributed by atoms with van der Waals surface area (Å²) in [5.41, 5.74) is 1.20. The second-order valence-electron chi connectivity index (χ2n) is 6.20. The standard InChI is InChI=1S/C17H26ClNO2/c1-5-17(3,4)16(19-6-2)12-10-14-15(11-13(12)18)21-9-7-8-20-14/h10-11,16,19H,5-9H2,1-4H3. The zero-order valence-corrected chi connectivity index (χ0v) is 14.2. The Hall–Kier alpha value is -0.930. The Morgan fingerprint density at radius 1 is 1.19 bits per heavy atom. The lowest BCUT2D eigenvalue weighted by molar-refractivity contribution is 0.236. The topological polar surface area (TPSA) is 30.5 Å². The van der Waals surface area contributed by atoms with Crippen LogP contribution in [0.4, 0.5) is 0 Å². The van der Waals surface area contributed by atoms with Crippen molar-refractivity contribution < 1.29 is 9.47 Å². The first-order valence-corrected chi connectivity index (χ1v) is 8.19. The SMILES string of the molecule is CCNC(c1cc2c(cc1Cl)OCCCO2)C(C)(C)CC. The molecule has 0 fully saturated rings. The normalized spacial score (nSPS) is 16.4. The lowest BCUT2D eigenvalue weighted by Gasteiger charge is -2.35. The van der Waals surface area contributed by atoms with E-state index < -0.39 is 0 Å². The van der Waals surface area contributed by atoms with E-state index in [-0.39, 0.29) is 11.5 Å². The molecule has 1 atom stereocenters. The molecule has 1 aromatic rings. The first-order chi connectivity index (χ1) is 9.99. The summed E-state index contributed by atoms with van der Waals surface area (Å²) in [6.07, 6.45) is 1.97. The number of rotatable bonds is 5. The third kappa shape index (κ3) is 3.64. The van der Waals surface area contributed by atoms with E-state index in [1.54, 1.807) is 0 Å². The van der Waals surface area contributed by atoms with Crippen LogP contribution in [-0.4, -0.2) is 19.8 Å². The van der Waals surface area contributed by atoms with E-state index in [1.165, 1.54) is 0 Å². The fourth-order valence-corrected chi connectivity index (χ4v) is 2.90. The minimum Gasteiger partial charge on any atom is -0.490 e. The predicted octanol–water partition coefficient (Wildman–Crippen LogP) is 4.59. The highest BCUT2D eigenvalue weighted by molar-refractivity contribution is 6.31. The van der Waals surface area contributed by atoms with Gasteiger partial charge in [-0.2, -0.15) is 0 Å². The monoisotopic (exact) mass is 311 g/mol. The number of hydrogen-bond acceptors (Lipinski definition) is 3. The van der Waals surface area contributed by atoms with Crippen LogP contribution in [0, 0.1) is 5.41 Å². The van der Waals surface area contributed by atoms with Crippen LogP contribution in [-0.2, 0) is 0 Å². The number of nitrogens with one attached hydrogen (secondary N) is 1. The van der Waals surface area contributed by atoms with Crippen LogP contribution >= 0.6 is 11.6 Å². The summed E-state index contributed by atoms with van der Waals surface area (Å²) in [6.45, 7) is 11.1. The van der Waals surface area contributed by atoms with Gasteiger partial charge in [-0.3, -0.25) is 0 Å². The summed E-state index contributed by atoms with van der Waals surface area (Å²) in [4.78, 5) is 0. The van der Waals surface area contributed by atoms with E-state index in [1.807, 2.05) is 12.1 Å². The van der Waals surface area contributed by atoms with Crippen LogP contribution < -0.4 is 14.8 Å². The molecule has 0 aliphatic carbocycles. The van der Waals surface area contributed by atoms with E-state index in [2.05, 4.69) is 33.0 Å². The smallest absolute Gasteiger partial charge is 0.162 e. The maximum atomic E-state index is 6.53. The van der Waals surface area contributed by atoms with Gasteiger partial charge in [-0.15, -0.1) is 0 Å². The maximum absolute atomic E-state index is 6.53. The van der Waals surface area contributed by atoms with E-state index in [9.17, 15) is 0 Å². The molecule has 0 aromatic heterocycles. The first-order valence-electron chi connectivity index (χ1n) is 7.82. The molecule has 2 rings (SSSR count). The minimum absolute atomic E-state index is 0.111. The summed E-state index contributed by atoms with van der Waals surface area (Å²) >= 11 is 6.53. The molecule has 0 spiro atoms. The highest BCUT2D eigenvalue weighted by Crippen LogP contribution is 2.43. The van der Waals surface area contributed by atoms with Crippen molar-refractivity contribution in [3.05, 3.63) is 22.7 Å². The molecule has 1 unspecified atom stereocenters. The van der Waals surface area contributed by atoms with Gasteiger partial charge in [0, 0.05) is 23.6 Å². The third-order valence-corrected chi connectivity index (χ3v) is 4.61. The predicted molar refractivity (Wildman–Crippen MR) is 87.5 cm³/mol. The van der Waals surface area contributed by atoms with E-state index >= 15 is 0 Å². The lowest BCUT2D eigenvalue weighted by Crippen LogP contribution is -2.34. The summed E-state index contributed by atoms with van der Waals surface area (Å²) in [7, 11) is 0. The zero-order chi connectivity index (χ0) is 15.5. The van der Waals surface area contributed by atoms with Crippen molar-refractivity contribution in [2.45, 2.75) is 46.6 Å². The molecular formula is C17H26ClNO2. The van der Waals surface area contributed by atoms with Gasteiger partial charge in [-0.05, 0) is 30.0 Å². The highest BCUT2D eigenvalue weighted by Gasteiger charge is 2.31. The Morgan fingerprint density at radius 2 is 1.81 bits per heavy atom. The molecule has 4 heteroatoms. The number of hydrogen-bond donors (Lipinski definition) is 1. The minimum atomic E-state index is 0.111. The van der Waals surface area contributed by atoms with Crippen molar-refractivity contribution in [1.82, 2.24) is 5.32 Å².